The van der Waals surface area contributed by atoms with Gasteiger partial charge in [0.25, 0.3) is 0 Å². The number of pyridine rings is 5. The Labute approximate surface area is 875 Å². The van der Waals surface area contributed by atoms with Crippen LogP contribution in [0.2, 0.25) is 0 Å². The van der Waals surface area contributed by atoms with Gasteiger partial charge in [-0.25, -0.2) is 0 Å². The molecule has 1 unspecified atom stereocenters. The molecule has 15 rings (SSSR count). The van der Waals surface area contributed by atoms with Crippen LogP contribution in [0.4, 0.5) is 5.69 Å². The van der Waals surface area contributed by atoms with Crippen LogP contribution in [-0.4, -0.2) is 142 Å². The van der Waals surface area contributed by atoms with Crippen molar-refractivity contribution < 1.29 is 38.2 Å². The lowest BCUT2D eigenvalue weighted by Gasteiger charge is -2.25. The van der Waals surface area contributed by atoms with E-state index in [0.717, 1.165) is 166 Å². The SMILES string of the molecule is C.C.C.C.C.CCCCCCCc1ccc(-c2ccc(/C=C/C(=O)N3CCCCC3)cc2)nc1.CCCCCc1ccc(-c2ccc(/C=C/C(=O)N3CCOCC3)cc2)nc1.CCCCCc1ccc(-c2ccc(/C=C/C(=O)NC(C)c3ccccc3)cc2)nc1.CCCCCc1ccc(-c2ccc(/C=C/C(=O)Nc3ccc(OC)cc3)cc2)nc1.CCCc1ccc(-c2ccc(/C=C/C(=O)N3CCOCC3)cc2)nc1. The summed E-state index contributed by atoms with van der Waals surface area (Å²) >= 11 is 0. The molecule has 2 N–H and O–H groups in total. The van der Waals surface area contributed by atoms with Crippen LogP contribution in [0.15, 0.2) is 298 Å². The zero-order valence-corrected chi connectivity index (χ0v) is 83.9. The van der Waals surface area contributed by atoms with Crippen LogP contribution in [-0.2, 0) is 65.6 Å². The summed E-state index contributed by atoms with van der Waals surface area (Å²) in [5.41, 5.74) is 23.6. The van der Waals surface area contributed by atoms with Gasteiger partial charge in [-0.15, -0.1) is 0 Å². The smallest absolute Gasteiger partial charge is 0.248 e. The molecule has 0 aliphatic carbocycles. The predicted octanol–water partition coefficient (Wildman–Crippen LogP) is 29.9. The van der Waals surface area contributed by atoms with Crippen molar-refractivity contribution in [2.75, 3.05) is 78.1 Å². The third-order valence-electron chi connectivity index (χ3n) is 24.9. The molecule has 18 nitrogen and oxygen atoms in total. The van der Waals surface area contributed by atoms with E-state index in [9.17, 15) is 24.0 Å². The molecule has 774 valence electrons. The van der Waals surface area contributed by atoms with Gasteiger partial charge in [0.15, 0.2) is 0 Å². The number of anilines is 1. The minimum absolute atomic E-state index is 0. The van der Waals surface area contributed by atoms with E-state index in [-0.39, 0.29) is 72.7 Å². The Balaban J connectivity index is 0.000000277. The van der Waals surface area contributed by atoms with Crippen molar-refractivity contribution >= 4 is 65.6 Å². The largest absolute Gasteiger partial charge is 0.497 e. The minimum Gasteiger partial charge on any atom is -0.497 e. The van der Waals surface area contributed by atoms with Crippen LogP contribution >= 0.6 is 0 Å². The first kappa shape index (κ1) is 121. The molecule has 8 heterocycles. The molecule has 3 aliphatic rings. The van der Waals surface area contributed by atoms with E-state index in [1.807, 2.05) is 204 Å². The summed E-state index contributed by atoms with van der Waals surface area (Å²) in [5.74, 6) is 0.688. The van der Waals surface area contributed by atoms with Gasteiger partial charge >= 0.3 is 0 Å². The highest BCUT2D eigenvalue weighted by Gasteiger charge is 2.19. The highest BCUT2D eigenvalue weighted by Crippen LogP contribution is 2.28. The van der Waals surface area contributed by atoms with Crippen LogP contribution < -0.4 is 15.4 Å². The maximum Gasteiger partial charge on any atom is 0.248 e. The maximum absolute atomic E-state index is 12.2. The van der Waals surface area contributed by atoms with Crippen molar-refractivity contribution in [1.29, 1.82) is 0 Å². The fourth-order valence-electron chi connectivity index (χ4n) is 16.3. The number of piperidine rings is 1. The van der Waals surface area contributed by atoms with Crippen molar-refractivity contribution in [2.45, 2.75) is 232 Å². The molecule has 5 amide bonds. The molecule has 0 bridgehead atoms. The van der Waals surface area contributed by atoms with Crippen LogP contribution in [0.3, 0.4) is 0 Å². The number of carbonyl (C=O) groups is 5. The standard InChI is InChI=1S/C27H30N2O.C26H28N2O2.C26H34N2O.C23H28N2O2.C21H24N2O2.5CH4/c1-3-4-6-9-23-14-18-26(28-20-23)25-16-12-22(13-17-25)15-19-27(30)29-21(2)24-10-7-5-8-11-24;1-3-4-5-6-21-9-17-25(27-19-21)22-11-7-20(8-12-22)10-18-26(29)28-23-13-15-24(30-2)16-14-23;1-2-3-4-5-7-10-23-13-17-25(27-21-23)24-15-11-22(12-16-24)14-18-26(29)28-19-8-6-9-20-28;1-2-3-4-5-20-8-12-22(24-18-20)21-10-6-19(7-11-21)9-13-23(26)25-14-16-27-17-15-25;1-2-3-18-6-10-20(22-16-18)19-8-4-17(5-9-19)7-11-21(24)23-12-14-25-15-13-23;;;;;/h5,7-8,10-21H,3-4,6,9H2,1-2H3,(H,29,30);7-19H,3-6H2,1-2H3,(H,28,29);11-18,21H,2-10,19-20H2,1H3;6-13,18H,2-5,14-17H2,1H3;4-11,16H,2-3,12-15H2,1H3;5*1H4/b19-15+;18-10+;18-14+;13-9+;11-7+;;;;;. The van der Waals surface area contributed by atoms with Crippen LogP contribution in [0, 0.1) is 0 Å². The Bertz CT molecular complexity index is 5820. The zero-order valence-electron chi connectivity index (χ0n) is 83.9. The van der Waals surface area contributed by atoms with Gasteiger partial charge in [0.2, 0.25) is 29.5 Å². The number of unbranched alkanes of at least 4 members (excludes halogenated alkanes) is 10. The van der Waals surface area contributed by atoms with Gasteiger partial charge in [-0.05, 0) is 230 Å². The number of methoxy groups -OCH3 is 1. The fraction of sp³-hybridized carbons (Fsp3) is 0.359. The molecule has 0 saturated carbocycles. The van der Waals surface area contributed by atoms with Gasteiger partial charge < -0.3 is 39.5 Å². The van der Waals surface area contributed by atoms with E-state index in [1.165, 1.54) is 130 Å². The summed E-state index contributed by atoms with van der Waals surface area (Å²) in [5, 5.41) is 5.82. The molecule has 3 saturated heterocycles. The van der Waals surface area contributed by atoms with Crippen LogP contribution in [0.5, 0.6) is 5.75 Å². The number of hydrogen-bond donors (Lipinski definition) is 2. The third kappa shape index (κ3) is 43.2. The molecular formula is C128H164N10O8. The number of amides is 5. The highest BCUT2D eigenvalue weighted by atomic mass is 16.5. The van der Waals surface area contributed by atoms with Gasteiger partial charge in [0.05, 0.1) is 68.0 Å². The number of nitrogens with zero attached hydrogens (tertiary/aromatic N) is 8. The number of nitrogens with one attached hydrogen (secondary N) is 2. The van der Waals surface area contributed by atoms with E-state index in [4.69, 9.17) is 14.2 Å². The normalized spacial score (nSPS) is 12.8. The monoisotopic (exact) mass is 1970 g/mol. The third-order valence-corrected chi connectivity index (χ3v) is 24.9. The Kier molecular flexibility index (Phi) is 57.2. The summed E-state index contributed by atoms with van der Waals surface area (Å²) in [7, 11) is 1.61. The Hall–Kier alpha value is -13.9. The van der Waals surface area contributed by atoms with E-state index in [0.29, 0.717) is 52.6 Å². The number of rotatable bonds is 39. The van der Waals surface area contributed by atoms with Gasteiger partial charge in [-0.1, -0.05) is 324 Å². The summed E-state index contributed by atoms with van der Waals surface area (Å²) < 4.78 is 15.7. The number of aryl methyl sites for hydroxylation is 5. The molecule has 0 spiro atoms. The van der Waals surface area contributed by atoms with E-state index in [1.54, 1.807) is 49.6 Å². The highest BCUT2D eigenvalue weighted by molar-refractivity contribution is 6.02. The number of aromatic nitrogens is 5. The van der Waals surface area contributed by atoms with Gasteiger partial charge in [-0.2, -0.15) is 0 Å². The molecular weight excluding hydrogens is 1810 g/mol. The summed E-state index contributed by atoms with van der Waals surface area (Å²) in [6.45, 7) is 20.0. The molecule has 12 aromatic rings. The van der Waals surface area contributed by atoms with Crippen molar-refractivity contribution in [3.63, 3.8) is 0 Å². The van der Waals surface area contributed by atoms with Gasteiger partial charge in [-0.3, -0.25) is 48.9 Å². The number of hydrogen-bond acceptors (Lipinski definition) is 13. The number of benzene rings is 7. The minimum atomic E-state index is -0.176. The summed E-state index contributed by atoms with van der Waals surface area (Å²) in [4.78, 5) is 89.4. The topological polar surface area (TPSA) is 211 Å². The Morgan fingerprint density at radius 2 is 0.603 bits per heavy atom. The second-order valence-corrected chi connectivity index (χ2v) is 35.9. The van der Waals surface area contributed by atoms with Crippen molar-refractivity contribution in [3.8, 4) is 62.0 Å². The van der Waals surface area contributed by atoms with Crippen LogP contribution in [0.1, 0.15) is 261 Å². The molecule has 7 aromatic carbocycles. The predicted molar refractivity (Wildman–Crippen MR) is 613 cm³/mol. The average molecular weight is 1970 g/mol. The van der Waals surface area contributed by atoms with Crippen molar-refractivity contribution in [1.82, 2.24) is 44.9 Å². The number of carbonyl (C=O) groups excluding carboxylic acids is 5. The molecule has 5 aromatic heterocycles. The van der Waals surface area contributed by atoms with Gasteiger partial charge in [0, 0.05) is 134 Å². The molecule has 146 heavy (non-hydrogen) atoms. The fourth-order valence-corrected chi connectivity index (χ4v) is 16.3. The van der Waals surface area contributed by atoms with E-state index in [2.05, 4.69) is 167 Å². The quantitative estimate of drug-likeness (QED) is 0.0271. The second kappa shape index (κ2) is 69.1. The molecule has 0 radical (unpaired) electrons. The number of morpholine rings is 2. The molecule has 1 atom stereocenters. The van der Waals surface area contributed by atoms with Crippen molar-refractivity contribution in [3.05, 3.63) is 359 Å². The first-order valence-corrected chi connectivity index (χ1v) is 51.1. The molecule has 18 heteroatoms. The summed E-state index contributed by atoms with van der Waals surface area (Å²) in [6, 6.07) is 79.1. The lowest BCUT2D eigenvalue weighted by atomic mass is 10.0. The lowest BCUT2D eigenvalue weighted by Crippen LogP contribution is -2.39. The Morgan fingerprint density at radius 3 is 0.904 bits per heavy atom. The van der Waals surface area contributed by atoms with Crippen LogP contribution in [0.25, 0.3) is 86.7 Å². The van der Waals surface area contributed by atoms with Gasteiger partial charge in [0.1, 0.15) is 5.75 Å². The van der Waals surface area contributed by atoms with E-state index < -0.39 is 0 Å². The second-order valence-electron chi connectivity index (χ2n) is 35.9. The number of ether oxygens (including phenoxy) is 3. The Morgan fingerprint density at radius 1 is 0.315 bits per heavy atom. The summed E-state index contributed by atoms with van der Waals surface area (Å²) in [6.07, 6.45) is 55.0. The first-order valence-electron chi connectivity index (χ1n) is 51.1. The van der Waals surface area contributed by atoms with Crippen molar-refractivity contribution in [2.24, 2.45) is 0 Å². The molecule has 3 aliphatic heterocycles. The zero-order chi connectivity index (χ0) is 99.1. The maximum atomic E-state index is 12.2. The van der Waals surface area contributed by atoms with E-state index >= 15 is 0 Å². The average Bonchev–Trinajstić information content (AvgIpc) is 0.862. The molecule has 3 fully saturated rings. The first-order chi connectivity index (χ1) is 69.1. The lowest BCUT2D eigenvalue weighted by molar-refractivity contribution is -0.130. The number of likely N-dealkylation sites (tertiary alicyclic amines) is 1.